The molecule has 122 valence electrons. The highest BCUT2D eigenvalue weighted by atomic mass is 16.5. The van der Waals surface area contributed by atoms with Gasteiger partial charge in [0, 0.05) is 32.7 Å². The minimum absolute atomic E-state index is 0.368. The highest BCUT2D eigenvalue weighted by Gasteiger charge is 2.26. The minimum atomic E-state index is 0.368. The van der Waals surface area contributed by atoms with Crippen molar-refractivity contribution >= 4 is 11.4 Å². The molecule has 0 bridgehead atoms. The molecule has 0 radical (unpaired) electrons. The van der Waals surface area contributed by atoms with Crippen LogP contribution in [0, 0.1) is 5.92 Å². The van der Waals surface area contributed by atoms with Crippen LogP contribution in [0.2, 0.25) is 0 Å². The van der Waals surface area contributed by atoms with Crippen molar-refractivity contribution < 1.29 is 4.74 Å². The first-order chi connectivity index (χ1) is 10.6. The van der Waals surface area contributed by atoms with Crippen molar-refractivity contribution in [2.45, 2.75) is 38.9 Å². The molecule has 2 unspecified atom stereocenters. The lowest BCUT2D eigenvalue weighted by Crippen LogP contribution is -2.48. The van der Waals surface area contributed by atoms with Gasteiger partial charge in [-0.3, -0.25) is 4.90 Å². The Bertz CT molecular complexity index is 475. The Morgan fingerprint density at radius 3 is 2.36 bits per heavy atom. The fraction of sp³-hybridized carbons (Fsp3) is 0.667. The summed E-state index contributed by atoms with van der Waals surface area (Å²) in [6, 6.07) is 8.22. The Kier molecular flexibility index (Phi) is 4.89. The van der Waals surface area contributed by atoms with Crippen molar-refractivity contribution in [3.05, 3.63) is 24.3 Å². The lowest BCUT2D eigenvalue weighted by atomic mass is 9.95. The quantitative estimate of drug-likeness (QED) is 0.872. The van der Waals surface area contributed by atoms with Gasteiger partial charge >= 0.3 is 0 Å². The summed E-state index contributed by atoms with van der Waals surface area (Å²) in [5.74, 6) is 0.804. The van der Waals surface area contributed by atoms with Crippen molar-refractivity contribution in [3.63, 3.8) is 0 Å². The van der Waals surface area contributed by atoms with Crippen LogP contribution in [0.5, 0.6) is 0 Å². The van der Waals surface area contributed by atoms with E-state index in [9.17, 15) is 0 Å². The Morgan fingerprint density at radius 1 is 1.09 bits per heavy atom. The van der Waals surface area contributed by atoms with E-state index in [1.165, 1.54) is 25.1 Å². The van der Waals surface area contributed by atoms with Crippen LogP contribution < -0.4 is 10.6 Å². The maximum absolute atomic E-state index is 6.10. The largest absolute Gasteiger partial charge is 0.397 e. The van der Waals surface area contributed by atoms with Crippen LogP contribution in [-0.2, 0) is 4.74 Å². The zero-order valence-corrected chi connectivity index (χ0v) is 13.9. The number of anilines is 2. The van der Waals surface area contributed by atoms with Crippen molar-refractivity contribution in [1.82, 2.24) is 4.90 Å². The van der Waals surface area contributed by atoms with E-state index in [1.807, 2.05) is 12.1 Å². The molecule has 1 aromatic carbocycles. The van der Waals surface area contributed by atoms with Gasteiger partial charge in [0.1, 0.15) is 0 Å². The third kappa shape index (κ3) is 3.73. The molecular weight excluding hydrogens is 274 g/mol. The van der Waals surface area contributed by atoms with Gasteiger partial charge in [0.25, 0.3) is 0 Å². The number of benzene rings is 1. The highest BCUT2D eigenvalue weighted by Crippen LogP contribution is 2.28. The lowest BCUT2D eigenvalue weighted by molar-refractivity contribution is -0.0720. The van der Waals surface area contributed by atoms with Gasteiger partial charge in [-0.1, -0.05) is 12.1 Å². The van der Waals surface area contributed by atoms with Crippen molar-refractivity contribution in [1.29, 1.82) is 0 Å². The molecule has 2 fully saturated rings. The summed E-state index contributed by atoms with van der Waals surface area (Å²) < 4.78 is 5.83. The minimum Gasteiger partial charge on any atom is -0.397 e. The number of ether oxygens (including phenoxy) is 1. The average Bonchev–Trinajstić information content (AvgIpc) is 2.48. The van der Waals surface area contributed by atoms with Crippen molar-refractivity contribution in [2.24, 2.45) is 5.92 Å². The number of rotatable bonds is 3. The number of nitrogens with two attached hydrogens (primary N) is 1. The third-order valence-corrected chi connectivity index (χ3v) is 4.90. The summed E-state index contributed by atoms with van der Waals surface area (Å²) in [6.07, 6.45) is 3.25. The predicted molar refractivity (Wildman–Crippen MR) is 92.2 cm³/mol. The molecule has 2 saturated heterocycles. The second-order valence-corrected chi connectivity index (χ2v) is 6.97. The second kappa shape index (κ2) is 6.88. The number of morpholine rings is 1. The van der Waals surface area contributed by atoms with E-state index in [4.69, 9.17) is 10.5 Å². The Hall–Kier alpha value is -1.26. The van der Waals surface area contributed by atoms with Gasteiger partial charge in [-0.05, 0) is 44.7 Å². The molecular formula is C18H29N3O. The van der Waals surface area contributed by atoms with Crippen molar-refractivity contribution in [2.75, 3.05) is 43.4 Å². The molecule has 22 heavy (non-hydrogen) atoms. The van der Waals surface area contributed by atoms with Crippen molar-refractivity contribution in [3.8, 4) is 0 Å². The summed E-state index contributed by atoms with van der Waals surface area (Å²) in [5.41, 5.74) is 8.21. The number of para-hydroxylation sites is 2. The molecule has 2 atom stereocenters. The number of hydrogen-bond donors (Lipinski definition) is 1. The summed E-state index contributed by atoms with van der Waals surface area (Å²) >= 11 is 0. The van der Waals surface area contributed by atoms with E-state index in [2.05, 4.69) is 35.8 Å². The van der Waals surface area contributed by atoms with Crippen LogP contribution >= 0.6 is 0 Å². The topological polar surface area (TPSA) is 41.7 Å². The van der Waals surface area contributed by atoms with Gasteiger partial charge in [0.05, 0.1) is 23.6 Å². The van der Waals surface area contributed by atoms with E-state index in [0.29, 0.717) is 12.2 Å². The maximum Gasteiger partial charge on any atom is 0.0678 e. The van der Waals surface area contributed by atoms with Gasteiger partial charge < -0.3 is 15.4 Å². The SMILES string of the molecule is CC1CN(CC2CCN(c3ccccc3N)CC2)CC(C)O1. The molecule has 1 aromatic rings. The fourth-order valence-electron chi connectivity index (χ4n) is 3.93. The molecule has 2 aliphatic rings. The summed E-state index contributed by atoms with van der Waals surface area (Å²) in [6.45, 7) is 9.98. The second-order valence-electron chi connectivity index (χ2n) is 6.97. The molecule has 0 aliphatic carbocycles. The number of nitrogen functional groups attached to an aromatic ring is 1. The molecule has 4 heteroatoms. The van der Waals surface area contributed by atoms with E-state index in [0.717, 1.165) is 37.8 Å². The molecule has 2 heterocycles. The normalized spacial score (nSPS) is 28.0. The van der Waals surface area contributed by atoms with Crippen LogP contribution in [-0.4, -0.2) is 49.8 Å². The zero-order valence-electron chi connectivity index (χ0n) is 13.9. The smallest absolute Gasteiger partial charge is 0.0678 e. The standard InChI is InChI=1S/C18H29N3O/c1-14-11-20(12-15(2)22-14)13-16-7-9-21(10-8-16)18-6-4-3-5-17(18)19/h3-6,14-16H,7-13,19H2,1-2H3. The van der Waals surface area contributed by atoms with Crippen LogP contribution in [0.3, 0.4) is 0 Å². The molecule has 2 N–H and O–H groups in total. The van der Waals surface area contributed by atoms with Crippen LogP contribution in [0.4, 0.5) is 11.4 Å². The molecule has 0 spiro atoms. The molecule has 2 aliphatic heterocycles. The fourth-order valence-corrected chi connectivity index (χ4v) is 3.93. The predicted octanol–water partition coefficient (Wildman–Crippen LogP) is 2.59. The van der Waals surface area contributed by atoms with Gasteiger partial charge in [-0.25, -0.2) is 0 Å². The van der Waals surface area contributed by atoms with E-state index >= 15 is 0 Å². The summed E-state index contributed by atoms with van der Waals surface area (Å²) in [4.78, 5) is 5.03. The number of piperidine rings is 1. The van der Waals surface area contributed by atoms with E-state index in [1.54, 1.807) is 0 Å². The van der Waals surface area contributed by atoms with Gasteiger partial charge in [-0.2, -0.15) is 0 Å². The van der Waals surface area contributed by atoms with E-state index < -0.39 is 0 Å². The Balaban J connectivity index is 1.51. The summed E-state index contributed by atoms with van der Waals surface area (Å²) in [7, 11) is 0. The average molecular weight is 303 g/mol. The monoisotopic (exact) mass is 303 g/mol. The Labute approximate surface area is 134 Å². The third-order valence-electron chi connectivity index (χ3n) is 4.90. The van der Waals surface area contributed by atoms with Gasteiger partial charge in [0.15, 0.2) is 0 Å². The molecule has 0 amide bonds. The number of hydrogen-bond acceptors (Lipinski definition) is 4. The maximum atomic E-state index is 6.10. The zero-order chi connectivity index (χ0) is 15.5. The molecule has 0 saturated carbocycles. The van der Waals surface area contributed by atoms with Gasteiger partial charge in [-0.15, -0.1) is 0 Å². The summed E-state index contributed by atoms with van der Waals surface area (Å²) in [5, 5.41) is 0. The van der Waals surface area contributed by atoms with Crippen LogP contribution in [0.1, 0.15) is 26.7 Å². The first-order valence-corrected chi connectivity index (χ1v) is 8.59. The first kappa shape index (κ1) is 15.6. The first-order valence-electron chi connectivity index (χ1n) is 8.59. The van der Waals surface area contributed by atoms with Crippen LogP contribution in [0.15, 0.2) is 24.3 Å². The lowest BCUT2D eigenvalue weighted by Gasteiger charge is -2.40. The molecule has 3 rings (SSSR count). The highest BCUT2D eigenvalue weighted by molar-refractivity contribution is 5.67. The molecule has 4 nitrogen and oxygen atoms in total. The molecule has 0 aromatic heterocycles. The Morgan fingerprint density at radius 2 is 1.73 bits per heavy atom. The number of nitrogens with zero attached hydrogens (tertiary/aromatic N) is 2. The van der Waals surface area contributed by atoms with E-state index in [-0.39, 0.29) is 0 Å². The van der Waals surface area contributed by atoms with Gasteiger partial charge in [0.2, 0.25) is 0 Å². The van der Waals surface area contributed by atoms with Crippen LogP contribution in [0.25, 0.3) is 0 Å².